The molecule has 0 radical (unpaired) electrons. The van der Waals surface area contributed by atoms with E-state index in [1.807, 2.05) is 18.2 Å². The number of hydrogen-bond donors (Lipinski definition) is 1. The number of carbonyl (C=O) groups excluding carboxylic acids is 1. The van der Waals surface area contributed by atoms with E-state index in [0.717, 1.165) is 12.1 Å². The van der Waals surface area contributed by atoms with Crippen LogP contribution in [0.1, 0.15) is 6.42 Å². The Bertz CT molecular complexity index is 672. The Morgan fingerprint density at radius 3 is 2.88 bits per heavy atom. The summed E-state index contributed by atoms with van der Waals surface area (Å²) in [5.41, 5.74) is 0.757. The smallest absolute Gasteiger partial charge is 0.317 e. The van der Waals surface area contributed by atoms with E-state index in [2.05, 4.69) is 4.90 Å². The molecule has 0 saturated carbocycles. The van der Waals surface area contributed by atoms with Crippen LogP contribution in [0, 0.1) is 0 Å². The zero-order chi connectivity index (χ0) is 18.7. The molecule has 2 heterocycles. The molecule has 1 aromatic rings. The molecule has 2 fully saturated rings. The lowest BCUT2D eigenvalue weighted by Gasteiger charge is -2.37. The Balaban J connectivity index is 1.61. The third-order valence-electron chi connectivity index (χ3n) is 4.85. The SMILES string of the molecule is CN(CC(=O)O)CC1CN(C2CCN(c3ccccc3Cl)C2=O)CCO1. The number of hydrogen-bond acceptors (Lipinski definition) is 5. The molecule has 2 unspecified atom stereocenters. The molecule has 0 spiro atoms. The second-order valence-electron chi connectivity index (χ2n) is 6.82. The van der Waals surface area contributed by atoms with Crippen LogP contribution in [-0.4, -0.2) is 85.3 Å². The molecule has 8 heteroatoms. The number of amides is 1. The summed E-state index contributed by atoms with van der Waals surface area (Å²) in [7, 11) is 1.76. The van der Waals surface area contributed by atoms with Gasteiger partial charge in [0.15, 0.2) is 0 Å². The van der Waals surface area contributed by atoms with E-state index < -0.39 is 5.97 Å². The molecule has 2 aliphatic heterocycles. The van der Waals surface area contributed by atoms with Crippen LogP contribution in [0.2, 0.25) is 5.02 Å². The number of halogens is 1. The van der Waals surface area contributed by atoms with Crippen LogP contribution >= 0.6 is 11.6 Å². The molecule has 3 rings (SSSR count). The molecule has 0 bridgehead atoms. The highest BCUT2D eigenvalue weighted by Gasteiger charge is 2.39. The van der Waals surface area contributed by atoms with Crippen LogP contribution in [0.3, 0.4) is 0 Å². The Morgan fingerprint density at radius 2 is 2.15 bits per heavy atom. The van der Waals surface area contributed by atoms with E-state index in [4.69, 9.17) is 21.4 Å². The van der Waals surface area contributed by atoms with Gasteiger partial charge in [-0.2, -0.15) is 0 Å². The minimum absolute atomic E-state index is 0.0253. The molecule has 0 aromatic heterocycles. The van der Waals surface area contributed by atoms with Gasteiger partial charge in [0.2, 0.25) is 5.91 Å². The molecule has 2 saturated heterocycles. The van der Waals surface area contributed by atoms with Crippen LogP contribution in [-0.2, 0) is 14.3 Å². The number of carboxylic acids is 1. The van der Waals surface area contributed by atoms with Crippen LogP contribution < -0.4 is 4.90 Å². The van der Waals surface area contributed by atoms with Crippen molar-refractivity contribution in [1.29, 1.82) is 0 Å². The van der Waals surface area contributed by atoms with Gasteiger partial charge in [0, 0.05) is 26.2 Å². The molecule has 2 atom stereocenters. The summed E-state index contributed by atoms with van der Waals surface area (Å²) < 4.78 is 5.76. The summed E-state index contributed by atoms with van der Waals surface area (Å²) in [5, 5.41) is 9.46. The fraction of sp³-hybridized carbons (Fsp3) is 0.556. The summed E-state index contributed by atoms with van der Waals surface area (Å²) in [5.74, 6) is -0.792. The van der Waals surface area contributed by atoms with Gasteiger partial charge >= 0.3 is 5.97 Å². The van der Waals surface area contributed by atoms with Gasteiger partial charge in [-0.15, -0.1) is 0 Å². The second-order valence-corrected chi connectivity index (χ2v) is 7.23. The van der Waals surface area contributed by atoms with E-state index in [1.165, 1.54) is 0 Å². The Hall–Kier alpha value is -1.67. The first-order valence-electron chi connectivity index (χ1n) is 8.77. The first-order valence-corrected chi connectivity index (χ1v) is 9.15. The molecular formula is C18H24ClN3O4. The van der Waals surface area contributed by atoms with E-state index in [-0.39, 0.29) is 24.6 Å². The number of anilines is 1. The van der Waals surface area contributed by atoms with Crippen molar-refractivity contribution in [1.82, 2.24) is 9.80 Å². The third-order valence-corrected chi connectivity index (χ3v) is 5.17. The number of morpholine rings is 1. The van der Waals surface area contributed by atoms with E-state index in [0.29, 0.717) is 37.8 Å². The summed E-state index contributed by atoms with van der Waals surface area (Å²) in [6, 6.07) is 7.21. The fourth-order valence-electron chi connectivity index (χ4n) is 3.69. The predicted molar refractivity (Wildman–Crippen MR) is 98.7 cm³/mol. The zero-order valence-electron chi connectivity index (χ0n) is 14.8. The highest BCUT2D eigenvalue weighted by molar-refractivity contribution is 6.33. The summed E-state index contributed by atoms with van der Waals surface area (Å²) in [6.07, 6.45) is 0.650. The molecule has 26 heavy (non-hydrogen) atoms. The van der Waals surface area contributed by atoms with E-state index in [9.17, 15) is 9.59 Å². The number of rotatable bonds is 6. The quantitative estimate of drug-likeness (QED) is 0.797. The zero-order valence-corrected chi connectivity index (χ0v) is 15.6. The minimum atomic E-state index is -0.860. The van der Waals surface area contributed by atoms with Gasteiger partial charge in [0.05, 0.1) is 36.0 Å². The number of para-hydroxylation sites is 1. The van der Waals surface area contributed by atoms with Crippen molar-refractivity contribution < 1.29 is 19.4 Å². The number of carboxylic acid groups (broad SMARTS) is 1. The van der Waals surface area contributed by atoms with E-state index in [1.54, 1.807) is 22.9 Å². The molecule has 142 valence electrons. The van der Waals surface area contributed by atoms with Crippen molar-refractivity contribution in [3.63, 3.8) is 0 Å². The Kier molecular flexibility index (Phi) is 6.13. The fourth-order valence-corrected chi connectivity index (χ4v) is 3.93. The first kappa shape index (κ1) is 19.1. The average molecular weight is 382 g/mol. The summed E-state index contributed by atoms with van der Waals surface area (Å²) in [6.45, 7) is 3.01. The number of likely N-dealkylation sites (N-methyl/N-ethyl adjacent to an activating group) is 1. The lowest BCUT2D eigenvalue weighted by Crippen LogP contribution is -2.53. The predicted octanol–water partition coefficient (Wildman–Crippen LogP) is 1.16. The van der Waals surface area contributed by atoms with Gasteiger partial charge in [0.1, 0.15) is 0 Å². The maximum absolute atomic E-state index is 12.9. The van der Waals surface area contributed by atoms with Crippen molar-refractivity contribution in [3.05, 3.63) is 29.3 Å². The number of aliphatic carboxylic acids is 1. The van der Waals surface area contributed by atoms with Gasteiger partial charge in [-0.05, 0) is 25.6 Å². The monoisotopic (exact) mass is 381 g/mol. The third kappa shape index (κ3) is 4.35. The molecule has 2 aliphatic rings. The highest BCUT2D eigenvalue weighted by Crippen LogP contribution is 2.30. The van der Waals surface area contributed by atoms with Gasteiger partial charge in [-0.3, -0.25) is 19.4 Å². The second kappa shape index (κ2) is 8.35. The maximum atomic E-state index is 12.9. The average Bonchev–Trinajstić information content (AvgIpc) is 2.96. The van der Waals surface area contributed by atoms with Crippen molar-refractivity contribution in [2.24, 2.45) is 0 Å². The topological polar surface area (TPSA) is 73.3 Å². The first-order chi connectivity index (χ1) is 12.5. The van der Waals surface area contributed by atoms with Gasteiger partial charge in [0.25, 0.3) is 0 Å². The van der Waals surface area contributed by atoms with Crippen molar-refractivity contribution >= 4 is 29.2 Å². The van der Waals surface area contributed by atoms with Crippen LogP contribution in [0.25, 0.3) is 0 Å². The highest BCUT2D eigenvalue weighted by atomic mass is 35.5. The number of ether oxygens (including phenoxy) is 1. The standard InChI is InChI=1S/C18H24ClN3O4/c1-20(12-17(23)24)10-13-11-21(8-9-26-13)16-6-7-22(18(16)25)15-5-3-2-4-14(15)19/h2-5,13,16H,6-12H2,1H3,(H,23,24). The summed E-state index contributed by atoms with van der Waals surface area (Å²) >= 11 is 6.24. The Labute approximate surface area is 158 Å². The Morgan fingerprint density at radius 1 is 1.38 bits per heavy atom. The number of nitrogens with zero attached hydrogens (tertiary/aromatic N) is 3. The molecule has 0 aliphatic carbocycles. The minimum Gasteiger partial charge on any atom is -0.480 e. The number of carbonyl (C=O) groups is 2. The van der Waals surface area contributed by atoms with Gasteiger partial charge in [-0.25, -0.2) is 0 Å². The van der Waals surface area contributed by atoms with Crippen LogP contribution in [0.15, 0.2) is 24.3 Å². The largest absolute Gasteiger partial charge is 0.480 e. The lowest BCUT2D eigenvalue weighted by atomic mass is 10.1. The lowest BCUT2D eigenvalue weighted by molar-refractivity contribution is -0.138. The van der Waals surface area contributed by atoms with Crippen molar-refractivity contribution in [2.75, 3.05) is 51.3 Å². The molecule has 7 nitrogen and oxygen atoms in total. The summed E-state index contributed by atoms with van der Waals surface area (Å²) in [4.78, 5) is 29.4. The van der Waals surface area contributed by atoms with Crippen molar-refractivity contribution in [2.45, 2.75) is 18.6 Å². The van der Waals surface area contributed by atoms with Crippen molar-refractivity contribution in [3.8, 4) is 0 Å². The van der Waals surface area contributed by atoms with Crippen LogP contribution in [0.5, 0.6) is 0 Å². The number of benzene rings is 1. The molecule has 1 N–H and O–H groups in total. The molecule has 1 aromatic carbocycles. The van der Waals surface area contributed by atoms with E-state index >= 15 is 0 Å². The normalized spacial score (nSPS) is 24.4. The van der Waals surface area contributed by atoms with Gasteiger partial charge < -0.3 is 14.7 Å². The molecular weight excluding hydrogens is 358 g/mol. The van der Waals surface area contributed by atoms with Gasteiger partial charge in [-0.1, -0.05) is 23.7 Å². The molecule has 1 amide bonds. The van der Waals surface area contributed by atoms with Crippen LogP contribution in [0.4, 0.5) is 5.69 Å². The maximum Gasteiger partial charge on any atom is 0.317 e.